The van der Waals surface area contributed by atoms with E-state index in [1.807, 2.05) is 30.3 Å². The zero-order chi connectivity index (χ0) is 29.4. The first-order chi connectivity index (χ1) is 19.7. The van der Waals surface area contributed by atoms with E-state index in [-0.39, 0.29) is 22.6 Å². The smallest absolute Gasteiger partial charge is 0.265 e. The molecule has 10 nitrogen and oxygen atoms in total. The van der Waals surface area contributed by atoms with Crippen LogP contribution in [0.4, 0.5) is 0 Å². The highest BCUT2D eigenvalue weighted by Gasteiger charge is 2.34. The van der Waals surface area contributed by atoms with E-state index in [0.717, 1.165) is 10.0 Å². The maximum Gasteiger partial charge on any atom is 0.265 e. The molecule has 1 saturated heterocycles. The average molecular weight is 585 g/mol. The molecule has 1 heterocycles. The van der Waals surface area contributed by atoms with Crippen LogP contribution in [0.5, 0.6) is 11.5 Å². The summed E-state index contributed by atoms with van der Waals surface area (Å²) >= 11 is 0. The molecule has 0 saturated carbocycles. The van der Waals surface area contributed by atoms with E-state index >= 15 is 0 Å². The number of aliphatic hydroxyl groups is 1. The van der Waals surface area contributed by atoms with Crippen LogP contribution in [0.2, 0.25) is 0 Å². The molecule has 0 spiro atoms. The van der Waals surface area contributed by atoms with Gasteiger partial charge in [0.15, 0.2) is 0 Å². The van der Waals surface area contributed by atoms with E-state index < -0.39 is 40.7 Å². The molecule has 1 fully saturated rings. The molecule has 1 amide bonds. The highest BCUT2D eigenvalue weighted by Crippen LogP contribution is 2.24. The third kappa shape index (κ3) is 7.84. The van der Waals surface area contributed by atoms with E-state index in [9.17, 15) is 23.4 Å². The summed E-state index contributed by atoms with van der Waals surface area (Å²) in [5, 5.41) is 24.4. The molecular weight excluding hydrogens is 548 g/mol. The zero-order valence-electron chi connectivity index (χ0n) is 23.1. The van der Waals surface area contributed by atoms with E-state index in [4.69, 9.17) is 14.3 Å². The lowest BCUT2D eigenvalue weighted by Gasteiger charge is -2.32. The number of carbonyl (C=O) groups is 1. The first-order valence-corrected chi connectivity index (χ1v) is 14.9. The molecule has 1 aliphatic heterocycles. The van der Waals surface area contributed by atoms with Crippen LogP contribution in [-0.2, 0) is 26.0 Å². The Kier molecular flexibility index (Phi) is 10.4. The summed E-state index contributed by atoms with van der Waals surface area (Å²) in [5.74, 6) is -0.0403. The largest absolute Gasteiger partial charge is 0.508 e. The molecule has 2 atom stereocenters. The topological polar surface area (TPSA) is 135 Å². The normalized spacial score (nSPS) is 15.8. The van der Waals surface area contributed by atoms with Crippen LogP contribution >= 0.6 is 0 Å². The second-order valence-electron chi connectivity index (χ2n) is 9.87. The van der Waals surface area contributed by atoms with Crippen molar-refractivity contribution in [3.8, 4) is 11.5 Å². The number of ether oxygens (including phenoxy) is 2. The predicted octanol–water partition coefficient (Wildman–Crippen LogP) is 3.21. The number of phenols is 1. The van der Waals surface area contributed by atoms with Crippen LogP contribution in [0.3, 0.4) is 0 Å². The van der Waals surface area contributed by atoms with E-state index in [2.05, 4.69) is 5.32 Å². The van der Waals surface area contributed by atoms with Gasteiger partial charge in [-0.3, -0.25) is 9.63 Å². The summed E-state index contributed by atoms with van der Waals surface area (Å²) in [7, 11) is -2.72. The van der Waals surface area contributed by atoms with E-state index in [0.29, 0.717) is 37.4 Å². The number of carbonyl (C=O) groups excluding carboxylic acids is 1. The summed E-state index contributed by atoms with van der Waals surface area (Å²) in [6.07, 6.45) is -0.581. The van der Waals surface area contributed by atoms with Crippen LogP contribution in [0, 0.1) is 6.92 Å². The third-order valence-electron chi connectivity index (χ3n) is 7.03. The van der Waals surface area contributed by atoms with Crippen molar-refractivity contribution in [1.29, 1.82) is 0 Å². The van der Waals surface area contributed by atoms with Crippen molar-refractivity contribution in [3.63, 3.8) is 0 Å². The van der Waals surface area contributed by atoms with Gasteiger partial charge in [-0.05, 0) is 68.1 Å². The second-order valence-corrected chi connectivity index (χ2v) is 11.7. The standard InChI is InChI=1S/C30H36N2O8S/c1-21-26(9-6-10-28(21)33)30(35)31-27(19-22-7-4-3-5-8-22)29(34)20-32(40-24-15-17-39-18-16-24)41(36,37)25-13-11-23(38-2)12-14-25/h3-14,24,27,29,33-34H,15-20H2,1-2H3,(H,31,35). The minimum atomic E-state index is -4.21. The van der Waals surface area contributed by atoms with Gasteiger partial charge in [0.2, 0.25) is 0 Å². The average Bonchev–Trinajstić information content (AvgIpc) is 2.98. The number of nitrogens with zero attached hydrogens (tertiary/aromatic N) is 1. The number of hydrogen-bond donors (Lipinski definition) is 3. The number of benzene rings is 3. The van der Waals surface area contributed by atoms with Crippen LogP contribution in [0.25, 0.3) is 0 Å². The Labute approximate surface area is 240 Å². The van der Waals surface area contributed by atoms with Gasteiger partial charge in [-0.2, -0.15) is 0 Å². The number of hydroxylamine groups is 1. The van der Waals surface area contributed by atoms with Crippen molar-refractivity contribution in [2.75, 3.05) is 26.9 Å². The molecular formula is C30H36N2O8S. The number of nitrogens with one attached hydrogen (secondary N) is 1. The summed E-state index contributed by atoms with van der Waals surface area (Å²) < 4.78 is 38.9. The van der Waals surface area contributed by atoms with E-state index in [1.165, 1.54) is 37.4 Å². The molecule has 0 aromatic heterocycles. The zero-order valence-corrected chi connectivity index (χ0v) is 23.9. The minimum absolute atomic E-state index is 0.0283. The van der Waals surface area contributed by atoms with Gasteiger partial charge in [0, 0.05) is 24.3 Å². The molecule has 0 bridgehead atoms. The molecule has 0 radical (unpaired) electrons. The molecule has 0 aliphatic carbocycles. The van der Waals surface area contributed by atoms with Gasteiger partial charge in [0.05, 0.1) is 36.8 Å². The fourth-order valence-corrected chi connectivity index (χ4v) is 5.86. The number of amides is 1. The monoisotopic (exact) mass is 584 g/mol. The van der Waals surface area contributed by atoms with Gasteiger partial charge in [-0.25, -0.2) is 8.42 Å². The number of methoxy groups -OCH3 is 1. The molecule has 41 heavy (non-hydrogen) atoms. The lowest BCUT2D eigenvalue weighted by molar-refractivity contribution is -0.170. The molecule has 4 rings (SSSR count). The number of aliphatic hydroxyl groups excluding tert-OH is 1. The number of rotatable bonds is 12. The first-order valence-electron chi connectivity index (χ1n) is 13.4. The summed E-state index contributed by atoms with van der Waals surface area (Å²) in [4.78, 5) is 19.2. The fourth-order valence-electron chi connectivity index (χ4n) is 4.56. The van der Waals surface area contributed by atoms with Crippen molar-refractivity contribution < 1.29 is 37.7 Å². The number of sulfonamides is 1. The Bertz CT molecular complexity index is 1390. The van der Waals surface area contributed by atoms with Gasteiger partial charge in [-0.1, -0.05) is 40.9 Å². The van der Waals surface area contributed by atoms with Crippen LogP contribution in [0.15, 0.2) is 77.7 Å². The minimum Gasteiger partial charge on any atom is -0.508 e. The predicted molar refractivity (Wildman–Crippen MR) is 152 cm³/mol. The van der Waals surface area contributed by atoms with Crippen molar-refractivity contribution in [2.45, 2.75) is 49.3 Å². The Morgan fingerprint density at radius 3 is 2.39 bits per heavy atom. The van der Waals surface area contributed by atoms with Crippen molar-refractivity contribution >= 4 is 15.9 Å². The summed E-state index contributed by atoms with van der Waals surface area (Å²) in [5.41, 5.74) is 1.47. The Morgan fingerprint density at radius 2 is 1.73 bits per heavy atom. The number of phenolic OH excluding ortho intramolecular Hbond substituents is 1. The van der Waals surface area contributed by atoms with E-state index in [1.54, 1.807) is 19.1 Å². The summed E-state index contributed by atoms with van der Waals surface area (Å²) in [6, 6.07) is 18.9. The van der Waals surface area contributed by atoms with Crippen LogP contribution in [-0.4, -0.2) is 74.1 Å². The van der Waals surface area contributed by atoms with Gasteiger partial charge in [0.25, 0.3) is 15.9 Å². The quantitative estimate of drug-likeness (QED) is 0.276. The second kappa shape index (κ2) is 13.9. The maximum absolute atomic E-state index is 13.8. The number of aromatic hydroxyl groups is 1. The van der Waals surface area contributed by atoms with Gasteiger partial charge in [-0.15, -0.1) is 0 Å². The molecule has 3 aromatic rings. The van der Waals surface area contributed by atoms with Crippen molar-refractivity contribution in [3.05, 3.63) is 89.5 Å². The van der Waals surface area contributed by atoms with Crippen molar-refractivity contribution in [2.24, 2.45) is 0 Å². The lowest BCUT2D eigenvalue weighted by Crippen LogP contribution is -2.51. The Balaban J connectivity index is 1.62. The van der Waals surface area contributed by atoms with Crippen molar-refractivity contribution in [1.82, 2.24) is 9.79 Å². The summed E-state index contributed by atoms with van der Waals surface area (Å²) in [6.45, 7) is 2.04. The third-order valence-corrected chi connectivity index (χ3v) is 8.66. The van der Waals surface area contributed by atoms with Gasteiger partial charge >= 0.3 is 0 Å². The Morgan fingerprint density at radius 1 is 1.05 bits per heavy atom. The molecule has 2 unspecified atom stereocenters. The molecule has 1 aliphatic rings. The first kappa shape index (κ1) is 30.5. The highest BCUT2D eigenvalue weighted by molar-refractivity contribution is 7.89. The molecule has 3 N–H and O–H groups in total. The molecule has 3 aromatic carbocycles. The van der Waals surface area contributed by atoms with Crippen LogP contribution in [0.1, 0.15) is 34.3 Å². The SMILES string of the molecule is COc1ccc(S(=O)(=O)N(CC(O)C(Cc2ccccc2)NC(=O)c2cccc(O)c2C)OC2CCOCC2)cc1. The number of hydrogen-bond acceptors (Lipinski definition) is 8. The van der Waals surface area contributed by atoms with Gasteiger partial charge < -0.3 is 25.0 Å². The Hall–Kier alpha value is -3.48. The molecule has 220 valence electrons. The van der Waals surface area contributed by atoms with Crippen LogP contribution < -0.4 is 10.1 Å². The maximum atomic E-state index is 13.8. The molecule has 11 heteroatoms. The fraction of sp³-hybridized carbons (Fsp3) is 0.367. The lowest BCUT2D eigenvalue weighted by atomic mass is 10.00. The highest BCUT2D eigenvalue weighted by atomic mass is 32.2. The van der Waals surface area contributed by atoms with Gasteiger partial charge in [0.1, 0.15) is 11.5 Å².